The highest BCUT2D eigenvalue weighted by Gasteiger charge is 2.50. The highest BCUT2D eigenvalue weighted by molar-refractivity contribution is 9.10. The fourth-order valence-electron chi connectivity index (χ4n) is 4.23. The zero-order valence-corrected chi connectivity index (χ0v) is 15.1. The van der Waals surface area contributed by atoms with E-state index in [9.17, 15) is 9.59 Å². The Hall–Kier alpha value is -1.40. The van der Waals surface area contributed by atoms with Crippen LogP contribution in [-0.2, 0) is 9.59 Å². The van der Waals surface area contributed by atoms with Crippen LogP contribution in [0.2, 0.25) is 0 Å². The second kappa shape index (κ2) is 6.15. The van der Waals surface area contributed by atoms with Crippen LogP contribution >= 0.6 is 15.9 Å². The molecule has 2 N–H and O–H groups in total. The van der Waals surface area contributed by atoms with Crippen molar-refractivity contribution in [2.45, 2.75) is 37.3 Å². The third-order valence-electron chi connectivity index (χ3n) is 5.72. The maximum absolute atomic E-state index is 13.0. The van der Waals surface area contributed by atoms with Crippen molar-refractivity contribution in [2.24, 2.45) is 5.92 Å². The molecule has 6 heteroatoms. The van der Waals surface area contributed by atoms with Gasteiger partial charge in [-0.2, -0.15) is 0 Å². The maximum atomic E-state index is 13.0. The number of rotatable bonds is 2. The molecular formula is C18H22BrN3O2. The fourth-order valence-corrected chi connectivity index (χ4v) is 4.50. The van der Waals surface area contributed by atoms with Gasteiger partial charge in [-0.25, -0.2) is 0 Å². The molecule has 2 aliphatic heterocycles. The van der Waals surface area contributed by atoms with Gasteiger partial charge in [0.15, 0.2) is 0 Å². The predicted octanol–water partition coefficient (Wildman–Crippen LogP) is 1.98. The van der Waals surface area contributed by atoms with Gasteiger partial charge in [-0.05, 0) is 49.5 Å². The molecular weight excluding hydrogens is 370 g/mol. The second-order valence-corrected chi connectivity index (χ2v) is 8.09. The summed E-state index contributed by atoms with van der Waals surface area (Å²) in [5.74, 6) is 0.651. The number of halogens is 1. The fraction of sp³-hybridized carbons (Fsp3) is 0.556. The van der Waals surface area contributed by atoms with Crippen molar-refractivity contribution in [3.8, 4) is 0 Å². The smallest absolute Gasteiger partial charge is 0.241 e. The van der Waals surface area contributed by atoms with E-state index < -0.39 is 5.66 Å². The molecule has 3 aliphatic rings. The largest absolute Gasteiger partial charge is 0.332 e. The standard InChI is InChI=1S/C18H22BrN3O2/c19-15-3-1-12(2-4-15)13-9-14(10-13)17(24)22-11-16(23)21-18(22)5-7-20-8-6-18/h1-4,13-14,20H,5-11H2,(H,21,23). The lowest BCUT2D eigenvalue weighted by molar-refractivity contribution is -0.145. The minimum absolute atomic E-state index is 0.0194. The second-order valence-electron chi connectivity index (χ2n) is 7.17. The summed E-state index contributed by atoms with van der Waals surface area (Å²) in [5, 5.41) is 6.38. The van der Waals surface area contributed by atoms with Crippen LogP contribution in [0.4, 0.5) is 0 Å². The van der Waals surface area contributed by atoms with Gasteiger partial charge in [-0.15, -0.1) is 0 Å². The summed E-state index contributed by atoms with van der Waals surface area (Å²) >= 11 is 3.46. The normalized spacial score (nSPS) is 28.5. The summed E-state index contributed by atoms with van der Waals surface area (Å²) in [6.45, 7) is 1.91. The molecule has 128 valence electrons. The number of hydrogen-bond donors (Lipinski definition) is 2. The van der Waals surface area contributed by atoms with Crippen LogP contribution < -0.4 is 10.6 Å². The van der Waals surface area contributed by atoms with Crippen molar-refractivity contribution in [2.75, 3.05) is 19.6 Å². The van der Waals surface area contributed by atoms with Gasteiger partial charge in [0.25, 0.3) is 0 Å². The lowest BCUT2D eigenvalue weighted by Crippen LogP contribution is -2.60. The number of carbonyl (C=O) groups is 2. The molecule has 1 spiro atoms. The van der Waals surface area contributed by atoms with Crippen LogP contribution in [0.1, 0.15) is 37.2 Å². The number of hydrogen-bond acceptors (Lipinski definition) is 3. The number of carbonyl (C=O) groups excluding carboxylic acids is 2. The monoisotopic (exact) mass is 391 g/mol. The minimum Gasteiger partial charge on any atom is -0.332 e. The first-order valence-corrected chi connectivity index (χ1v) is 9.45. The van der Waals surface area contributed by atoms with Crippen molar-refractivity contribution < 1.29 is 9.59 Å². The summed E-state index contributed by atoms with van der Waals surface area (Å²) in [4.78, 5) is 26.8. The quantitative estimate of drug-likeness (QED) is 0.809. The maximum Gasteiger partial charge on any atom is 0.241 e. The summed E-state index contributed by atoms with van der Waals surface area (Å²) in [5.41, 5.74) is 0.858. The van der Waals surface area contributed by atoms with E-state index >= 15 is 0 Å². The van der Waals surface area contributed by atoms with Crippen molar-refractivity contribution in [3.63, 3.8) is 0 Å². The van der Waals surface area contributed by atoms with Crippen LogP contribution in [-0.4, -0.2) is 42.0 Å². The number of piperidine rings is 1. The van der Waals surface area contributed by atoms with Gasteiger partial charge in [0.05, 0.1) is 0 Å². The van der Waals surface area contributed by atoms with E-state index in [4.69, 9.17) is 0 Å². The Balaban J connectivity index is 1.43. The number of nitrogens with zero attached hydrogens (tertiary/aromatic N) is 1. The first-order chi connectivity index (χ1) is 11.6. The summed E-state index contributed by atoms with van der Waals surface area (Å²) in [7, 11) is 0. The van der Waals surface area contributed by atoms with Gasteiger partial charge in [0.1, 0.15) is 12.2 Å². The van der Waals surface area contributed by atoms with Crippen LogP contribution in [0, 0.1) is 5.92 Å². The zero-order valence-electron chi connectivity index (χ0n) is 13.6. The van der Waals surface area contributed by atoms with Gasteiger partial charge >= 0.3 is 0 Å². The summed E-state index contributed by atoms with van der Waals surface area (Å²) < 4.78 is 1.08. The molecule has 5 nitrogen and oxygen atoms in total. The van der Waals surface area contributed by atoms with Crippen LogP contribution in [0.3, 0.4) is 0 Å². The highest BCUT2D eigenvalue weighted by Crippen LogP contribution is 2.44. The molecule has 1 aromatic carbocycles. The van der Waals surface area contributed by atoms with Crippen molar-refractivity contribution >= 4 is 27.7 Å². The molecule has 3 fully saturated rings. The first kappa shape index (κ1) is 16.1. The van der Waals surface area contributed by atoms with Gasteiger partial charge in [-0.1, -0.05) is 28.1 Å². The van der Waals surface area contributed by atoms with Crippen LogP contribution in [0.15, 0.2) is 28.7 Å². The van der Waals surface area contributed by atoms with Crippen molar-refractivity contribution in [1.82, 2.24) is 15.5 Å². The minimum atomic E-state index is -0.442. The molecule has 2 heterocycles. The first-order valence-electron chi connectivity index (χ1n) is 8.66. The van der Waals surface area contributed by atoms with E-state index in [0.717, 1.165) is 43.2 Å². The molecule has 2 saturated heterocycles. The van der Waals surface area contributed by atoms with Gasteiger partial charge in [0.2, 0.25) is 11.8 Å². The topological polar surface area (TPSA) is 61.4 Å². The van der Waals surface area contributed by atoms with E-state index in [0.29, 0.717) is 5.92 Å². The molecule has 0 radical (unpaired) electrons. The van der Waals surface area contributed by atoms with Crippen molar-refractivity contribution in [1.29, 1.82) is 0 Å². The summed E-state index contributed by atoms with van der Waals surface area (Å²) in [6.07, 6.45) is 3.37. The Labute approximate surface area is 150 Å². The van der Waals surface area contributed by atoms with Crippen molar-refractivity contribution in [3.05, 3.63) is 34.3 Å². The van der Waals surface area contributed by atoms with E-state index in [1.165, 1.54) is 5.56 Å². The molecule has 0 bridgehead atoms. The molecule has 0 unspecified atom stereocenters. The highest BCUT2D eigenvalue weighted by atomic mass is 79.9. The molecule has 0 atom stereocenters. The lowest BCUT2D eigenvalue weighted by atomic mass is 9.70. The Morgan fingerprint density at radius 3 is 2.50 bits per heavy atom. The van der Waals surface area contributed by atoms with Gasteiger partial charge in [-0.3, -0.25) is 9.59 Å². The number of benzene rings is 1. The molecule has 1 aliphatic carbocycles. The third-order valence-corrected chi connectivity index (χ3v) is 6.24. The summed E-state index contributed by atoms with van der Waals surface area (Å²) in [6, 6.07) is 8.37. The van der Waals surface area contributed by atoms with Gasteiger partial charge in [0, 0.05) is 23.2 Å². The molecule has 1 aromatic rings. The molecule has 1 saturated carbocycles. The van der Waals surface area contributed by atoms with Gasteiger partial charge < -0.3 is 15.5 Å². The lowest BCUT2D eigenvalue weighted by Gasteiger charge is -2.44. The number of nitrogens with one attached hydrogen (secondary N) is 2. The molecule has 24 heavy (non-hydrogen) atoms. The zero-order chi connectivity index (χ0) is 16.7. The Bertz CT molecular complexity index is 649. The average molecular weight is 392 g/mol. The Morgan fingerprint density at radius 1 is 1.17 bits per heavy atom. The molecule has 4 rings (SSSR count). The Morgan fingerprint density at radius 2 is 1.83 bits per heavy atom. The van der Waals surface area contributed by atoms with Crippen LogP contribution in [0.5, 0.6) is 0 Å². The molecule has 2 amide bonds. The van der Waals surface area contributed by atoms with E-state index in [2.05, 4.69) is 50.8 Å². The van der Waals surface area contributed by atoms with Crippen LogP contribution in [0.25, 0.3) is 0 Å². The average Bonchev–Trinajstić information content (AvgIpc) is 2.84. The predicted molar refractivity (Wildman–Crippen MR) is 94.3 cm³/mol. The third kappa shape index (κ3) is 2.75. The Kier molecular flexibility index (Phi) is 4.12. The number of amides is 2. The SMILES string of the molecule is O=C1CN(C(=O)C2CC(c3ccc(Br)cc3)C2)C2(CCNCC2)N1. The van der Waals surface area contributed by atoms with E-state index in [-0.39, 0.29) is 24.3 Å². The van der Waals surface area contributed by atoms with E-state index in [1.807, 2.05) is 4.90 Å². The molecule has 0 aromatic heterocycles. The van der Waals surface area contributed by atoms with E-state index in [1.54, 1.807) is 0 Å².